The maximum absolute atomic E-state index is 5.96. The first-order chi connectivity index (χ1) is 3.56. The van der Waals surface area contributed by atoms with Crippen LogP contribution in [0, 0.1) is 0 Å². The van der Waals surface area contributed by atoms with Crippen LogP contribution in [0.5, 0.6) is 0 Å². The standard InChI is InChI=1S/C4H9.2BrH.ClH.Sn/c1-3-4-2;;;;/h1,3-4H2,2H3;3*1H;/q;;;;+3/p-3. The van der Waals surface area contributed by atoms with E-state index in [0.717, 1.165) is 0 Å². The fraction of sp³-hybridized carbons (Fsp3) is 1.00. The molecular weight excluding hydrogens is 362 g/mol. The molecule has 0 atom stereocenters. The van der Waals surface area contributed by atoms with Crippen molar-refractivity contribution in [1.29, 1.82) is 0 Å². The third kappa shape index (κ3) is 8.05. The van der Waals surface area contributed by atoms with Gasteiger partial charge in [0.1, 0.15) is 0 Å². The van der Waals surface area contributed by atoms with Gasteiger partial charge in [0.25, 0.3) is 0 Å². The number of halogens is 3. The normalized spacial score (nSPS) is 12.0. The Morgan fingerprint density at radius 3 is 2.12 bits per heavy atom. The van der Waals surface area contributed by atoms with Crippen LogP contribution in [-0.4, -0.2) is 12.8 Å². The molecule has 50 valence electrons. The molecule has 0 rings (SSSR count). The number of unbranched alkanes of at least 4 members (excludes halogenated alkanes) is 1. The van der Waals surface area contributed by atoms with Gasteiger partial charge in [0.05, 0.1) is 0 Å². The van der Waals surface area contributed by atoms with Gasteiger partial charge in [-0.1, -0.05) is 0 Å². The predicted octanol–water partition coefficient (Wildman–Crippen LogP) is 3.75. The van der Waals surface area contributed by atoms with Crippen molar-refractivity contribution in [3.05, 3.63) is 0 Å². The molecule has 0 amide bonds. The van der Waals surface area contributed by atoms with E-state index < -0.39 is 12.8 Å². The predicted molar refractivity (Wildman–Crippen MR) is 49.2 cm³/mol. The molecule has 0 aromatic rings. The van der Waals surface area contributed by atoms with Crippen LogP contribution in [0.15, 0.2) is 0 Å². The molecule has 0 unspecified atom stereocenters. The molecule has 0 heterocycles. The molecule has 0 N–H and O–H groups in total. The van der Waals surface area contributed by atoms with Crippen LogP contribution in [0.2, 0.25) is 4.44 Å². The number of rotatable bonds is 3. The molecule has 8 heavy (non-hydrogen) atoms. The zero-order valence-corrected chi connectivity index (χ0v) is 11.5. The van der Waals surface area contributed by atoms with Crippen molar-refractivity contribution in [2.75, 3.05) is 0 Å². The summed E-state index contributed by atoms with van der Waals surface area (Å²) in [6.45, 7) is 2.18. The van der Waals surface area contributed by atoms with Crippen LogP contribution < -0.4 is 0 Å². The molecule has 0 aromatic heterocycles. The van der Waals surface area contributed by atoms with E-state index in [1.54, 1.807) is 0 Å². The summed E-state index contributed by atoms with van der Waals surface area (Å²) >= 11 is 4.73. The fourth-order valence-corrected chi connectivity index (χ4v) is 7.19. The average Bonchev–Trinajstić information content (AvgIpc) is 1.59. The van der Waals surface area contributed by atoms with E-state index in [2.05, 4.69) is 32.3 Å². The zero-order chi connectivity index (χ0) is 6.62. The van der Waals surface area contributed by atoms with Gasteiger partial charge in [-0.15, -0.1) is 0 Å². The molecule has 0 nitrogen and oxygen atoms in total. The van der Waals surface area contributed by atoms with Crippen LogP contribution in [0.1, 0.15) is 19.8 Å². The van der Waals surface area contributed by atoms with Gasteiger partial charge < -0.3 is 0 Å². The van der Waals surface area contributed by atoms with Crippen molar-refractivity contribution in [2.24, 2.45) is 0 Å². The first-order valence-electron chi connectivity index (χ1n) is 2.63. The van der Waals surface area contributed by atoms with E-state index in [4.69, 9.17) is 8.92 Å². The third-order valence-corrected chi connectivity index (χ3v) is 10.0. The van der Waals surface area contributed by atoms with Crippen molar-refractivity contribution in [3.8, 4) is 0 Å². The van der Waals surface area contributed by atoms with Crippen molar-refractivity contribution in [1.82, 2.24) is 0 Å². The van der Waals surface area contributed by atoms with E-state index in [1.807, 2.05) is 0 Å². The Kier molecular flexibility index (Phi) is 6.03. The average molecular weight is 371 g/mol. The van der Waals surface area contributed by atoms with Gasteiger partial charge in [0.2, 0.25) is 0 Å². The van der Waals surface area contributed by atoms with E-state index in [9.17, 15) is 0 Å². The molecule has 0 saturated heterocycles. The second kappa shape index (κ2) is 4.80. The molecule has 0 bridgehead atoms. The minimum atomic E-state index is -2.21. The van der Waals surface area contributed by atoms with Gasteiger partial charge in [-0.25, -0.2) is 0 Å². The molecule has 0 radical (unpaired) electrons. The van der Waals surface area contributed by atoms with Crippen molar-refractivity contribution in [3.63, 3.8) is 0 Å². The molecule has 0 fully saturated rings. The summed E-state index contributed by atoms with van der Waals surface area (Å²) < 4.78 is 1.17. The van der Waals surface area contributed by atoms with Gasteiger partial charge in [-0.05, 0) is 0 Å². The van der Waals surface area contributed by atoms with Crippen LogP contribution in [0.25, 0.3) is 0 Å². The molecule has 0 aliphatic heterocycles. The van der Waals surface area contributed by atoms with Crippen LogP contribution in [0.4, 0.5) is 0 Å². The van der Waals surface area contributed by atoms with Crippen LogP contribution >= 0.6 is 34.3 Å². The molecule has 0 spiro atoms. The summed E-state index contributed by atoms with van der Waals surface area (Å²) in [5.41, 5.74) is 0. The Labute approximate surface area is 70.5 Å². The SMILES string of the molecule is CCC[CH2][Sn]([Cl])([Br])[Br]. The summed E-state index contributed by atoms with van der Waals surface area (Å²) in [5.74, 6) is 0. The first kappa shape index (κ1) is 10.0. The molecule has 0 aliphatic rings. The monoisotopic (exact) mass is 370 g/mol. The summed E-state index contributed by atoms with van der Waals surface area (Å²) in [7, 11) is 5.96. The van der Waals surface area contributed by atoms with Crippen molar-refractivity contribution < 1.29 is 0 Å². The van der Waals surface area contributed by atoms with Gasteiger partial charge in [0.15, 0.2) is 0 Å². The second-order valence-electron chi connectivity index (χ2n) is 1.72. The molecule has 0 saturated carbocycles. The van der Waals surface area contributed by atoms with E-state index >= 15 is 0 Å². The quantitative estimate of drug-likeness (QED) is 0.663. The topological polar surface area (TPSA) is 0 Å². The Bertz CT molecular complexity index is 61.5. The minimum absolute atomic E-state index is 1.17. The van der Waals surface area contributed by atoms with Gasteiger partial charge >= 0.3 is 71.3 Å². The van der Waals surface area contributed by atoms with Crippen LogP contribution in [-0.2, 0) is 0 Å². The van der Waals surface area contributed by atoms with Crippen molar-refractivity contribution in [2.45, 2.75) is 24.2 Å². The van der Waals surface area contributed by atoms with Gasteiger partial charge in [-0.2, -0.15) is 0 Å². The molecule has 4 heteroatoms. The Balaban J connectivity index is 3.11. The summed E-state index contributed by atoms with van der Waals surface area (Å²) in [6, 6.07) is 0. The van der Waals surface area contributed by atoms with Crippen LogP contribution in [0.3, 0.4) is 0 Å². The van der Waals surface area contributed by atoms with Gasteiger partial charge in [-0.3, -0.25) is 0 Å². The molecule has 0 aliphatic carbocycles. The Hall–Kier alpha value is 2.05. The van der Waals surface area contributed by atoms with E-state index in [0.29, 0.717) is 0 Å². The number of hydrogen-bond acceptors (Lipinski definition) is 0. The Morgan fingerprint density at radius 2 is 2.00 bits per heavy atom. The third-order valence-electron chi connectivity index (χ3n) is 0.814. The maximum atomic E-state index is 5.96. The zero-order valence-electron chi connectivity index (χ0n) is 4.76. The Morgan fingerprint density at radius 1 is 1.50 bits per heavy atom. The van der Waals surface area contributed by atoms with E-state index in [-0.39, 0.29) is 0 Å². The molecular formula is C4H9Br2ClSn. The summed E-state index contributed by atoms with van der Waals surface area (Å²) in [5, 5.41) is 0. The summed E-state index contributed by atoms with van der Waals surface area (Å²) in [6.07, 6.45) is 2.48. The second-order valence-corrected chi connectivity index (χ2v) is 42.4. The van der Waals surface area contributed by atoms with Crippen molar-refractivity contribution >= 4 is 47.1 Å². The molecule has 0 aromatic carbocycles. The first-order valence-corrected chi connectivity index (χ1v) is 21.1. The number of hydrogen-bond donors (Lipinski definition) is 0. The summed E-state index contributed by atoms with van der Waals surface area (Å²) in [4.78, 5) is 0. The van der Waals surface area contributed by atoms with E-state index in [1.165, 1.54) is 17.3 Å². The fourth-order valence-electron chi connectivity index (χ4n) is 0.377. The van der Waals surface area contributed by atoms with Gasteiger partial charge in [0, 0.05) is 0 Å².